The number of nitrogens with one attached hydrogen (secondary N) is 2. The summed E-state index contributed by atoms with van der Waals surface area (Å²) in [5.41, 5.74) is 12.3. The Morgan fingerprint density at radius 3 is 2.57 bits per heavy atom. The molecular weight excluding hydrogens is 911 g/mol. The summed E-state index contributed by atoms with van der Waals surface area (Å²) in [5.74, 6) is -1.97. The number of fused-ring (bicyclic) bond motifs is 6. The number of amides is 4. The molecule has 8 rings (SSSR count). The van der Waals surface area contributed by atoms with Crippen molar-refractivity contribution in [2.24, 2.45) is 28.2 Å². The normalized spacial score (nSPS) is 23.9. The molecule has 5 aliphatic rings. The van der Waals surface area contributed by atoms with Gasteiger partial charge in [-0.1, -0.05) is 76.3 Å². The van der Waals surface area contributed by atoms with E-state index in [-0.39, 0.29) is 49.3 Å². The van der Waals surface area contributed by atoms with Crippen LogP contribution in [-0.2, 0) is 48.1 Å². The number of carbonyl (C=O) groups is 4. The maximum Gasteiger partial charge on any atom is 0.326 e. The Kier molecular flexibility index (Phi) is 16.0. The molecule has 2 fully saturated rings. The fourth-order valence-corrected chi connectivity index (χ4v) is 11.4. The highest BCUT2D eigenvalue weighted by Gasteiger charge is 2.42. The number of nitrogens with zero attached hydrogens (tertiary/aromatic N) is 7. The van der Waals surface area contributed by atoms with Gasteiger partial charge >= 0.3 is 6.17 Å². The molecule has 6 atom stereocenters. The topological polar surface area (TPSA) is 161 Å². The van der Waals surface area contributed by atoms with Crippen molar-refractivity contribution in [1.29, 1.82) is 0 Å². The van der Waals surface area contributed by atoms with E-state index < -0.39 is 41.4 Å². The van der Waals surface area contributed by atoms with E-state index in [1.54, 1.807) is 19.1 Å². The SMILES string of the molecule is C=CC(=O)N1CC[C@H](C(=O)N(C)[C@H](C(=O)N[C@H]2Cc3cccc(c3)-c3ccc4c(c3)c(c(C3=C([C@H](C)OC)N=CC(C5=CCN(C)CC5)C3)n4CC)CC(C)(C)CO[N+](=O)[C@@H]3CCCN(N3)C2=O)C(C)C)C1. The number of carbonyl (C=O) groups excluding carboxylic acids is 4. The molecule has 6 heterocycles. The molecule has 2 saturated heterocycles. The molecule has 1 aromatic heterocycles. The molecule has 16 heteroatoms. The molecule has 0 aliphatic carbocycles. The number of aliphatic imine (C=N–C) groups is 1. The van der Waals surface area contributed by atoms with Crippen LogP contribution >= 0.6 is 0 Å². The summed E-state index contributed by atoms with van der Waals surface area (Å²) >= 11 is 0. The van der Waals surface area contributed by atoms with E-state index in [4.69, 9.17) is 14.6 Å². The van der Waals surface area contributed by atoms with Gasteiger partial charge in [-0.05, 0) is 99.4 Å². The quantitative estimate of drug-likeness (QED) is 0.157. The van der Waals surface area contributed by atoms with E-state index in [1.807, 2.05) is 26.0 Å². The molecule has 2 aromatic carbocycles. The van der Waals surface area contributed by atoms with Gasteiger partial charge in [0.1, 0.15) is 12.1 Å². The van der Waals surface area contributed by atoms with Crippen molar-refractivity contribution in [3.63, 3.8) is 0 Å². The number of hydrazine groups is 1. The number of hydrogen-bond donors (Lipinski definition) is 2. The second-order valence-corrected chi connectivity index (χ2v) is 21.7. The number of likely N-dealkylation sites (N-methyl/N-ethyl adjacent to an activating group) is 2. The van der Waals surface area contributed by atoms with Gasteiger partial charge < -0.3 is 29.3 Å². The first-order valence-corrected chi connectivity index (χ1v) is 26.0. The van der Waals surface area contributed by atoms with Crippen LogP contribution in [-0.4, -0.2) is 144 Å². The minimum absolute atomic E-state index is 0.106. The van der Waals surface area contributed by atoms with Gasteiger partial charge in [0.15, 0.2) is 6.61 Å². The molecule has 72 heavy (non-hydrogen) atoms. The number of benzene rings is 2. The van der Waals surface area contributed by atoms with Crippen molar-refractivity contribution in [3.8, 4) is 11.1 Å². The Bertz CT molecular complexity index is 2680. The fraction of sp³-hybridized carbons (Fsp3) is 0.554. The van der Waals surface area contributed by atoms with E-state index in [1.165, 1.54) is 27.1 Å². The minimum Gasteiger partial charge on any atom is -0.375 e. The zero-order chi connectivity index (χ0) is 51.6. The number of allylic oxidation sites excluding steroid dienone is 1. The number of aromatic nitrogens is 1. The van der Waals surface area contributed by atoms with Crippen LogP contribution in [0.1, 0.15) is 90.5 Å². The van der Waals surface area contributed by atoms with E-state index in [9.17, 15) is 24.1 Å². The molecule has 2 N–H and O–H groups in total. The van der Waals surface area contributed by atoms with Crippen molar-refractivity contribution >= 4 is 46.3 Å². The molecule has 4 amide bonds. The van der Waals surface area contributed by atoms with Gasteiger partial charge in [-0.2, -0.15) is 5.43 Å². The Labute approximate surface area is 425 Å². The van der Waals surface area contributed by atoms with Crippen molar-refractivity contribution in [1.82, 2.24) is 35.0 Å². The number of methoxy groups -OCH3 is 1. The van der Waals surface area contributed by atoms with Gasteiger partial charge in [-0.25, -0.2) is 4.84 Å². The summed E-state index contributed by atoms with van der Waals surface area (Å²) in [5, 5.41) is 5.61. The third-order valence-corrected chi connectivity index (χ3v) is 15.5. The molecule has 1 unspecified atom stereocenters. The van der Waals surface area contributed by atoms with E-state index in [2.05, 4.69) is 104 Å². The molecule has 0 spiro atoms. The summed E-state index contributed by atoms with van der Waals surface area (Å²) in [6.07, 6.45) is 8.58. The second-order valence-electron chi connectivity index (χ2n) is 21.7. The Morgan fingerprint density at radius 1 is 1.08 bits per heavy atom. The number of rotatable bonds is 11. The zero-order valence-corrected chi connectivity index (χ0v) is 43.9. The van der Waals surface area contributed by atoms with Crippen LogP contribution in [0.15, 0.2) is 77.5 Å². The molecule has 6 bridgehead atoms. The lowest BCUT2D eigenvalue weighted by molar-refractivity contribution is -0.835. The van der Waals surface area contributed by atoms with Gasteiger partial charge in [-0.3, -0.25) is 29.2 Å². The van der Waals surface area contributed by atoms with E-state index in [0.717, 1.165) is 70.5 Å². The largest absolute Gasteiger partial charge is 0.375 e. The van der Waals surface area contributed by atoms with Crippen LogP contribution in [0.5, 0.6) is 0 Å². The lowest BCUT2D eigenvalue weighted by atomic mass is 9.81. The number of hydrogen-bond acceptors (Lipinski definition) is 10. The number of aryl methyl sites for hydroxylation is 1. The molecule has 386 valence electrons. The highest BCUT2D eigenvalue weighted by Crippen LogP contribution is 2.44. The van der Waals surface area contributed by atoms with Crippen molar-refractivity contribution in [2.75, 3.05) is 60.5 Å². The van der Waals surface area contributed by atoms with Crippen molar-refractivity contribution in [3.05, 3.63) is 94.2 Å². The summed E-state index contributed by atoms with van der Waals surface area (Å²) in [6.45, 7) is 19.6. The van der Waals surface area contributed by atoms with Crippen LogP contribution in [0.3, 0.4) is 0 Å². The average Bonchev–Trinajstić information content (AvgIpc) is 3.99. The van der Waals surface area contributed by atoms with Crippen molar-refractivity contribution < 1.29 is 33.7 Å². The molecule has 0 radical (unpaired) electrons. The van der Waals surface area contributed by atoms with Crippen LogP contribution in [0.25, 0.3) is 27.6 Å². The maximum absolute atomic E-state index is 14.8. The maximum atomic E-state index is 14.8. The second kappa shape index (κ2) is 22.0. The predicted octanol–water partition coefficient (Wildman–Crippen LogP) is 6.72. The van der Waals surface area contributed by atoms with E-state index >= 15 is 0 Å². The van der Waals surface area contributed by atoms with E-state index in [0.29, 0.717) is 50.2 Å². The summed E-state index contributed by atoms with van der Waals surface area (Å²) in [7, 11) is 5.51. The van der Waals surface area contributed by atoms with Gasteiger partial charge in [-0.15, -0.1) is 0 Å². The van der Waals surface area contributed by atoms with Crippen LogP contribution in [0, 0.1) is 28.1 Å². The molecule has 3 aromatic rings. The Hall–Kier alpha value is -5.97. The van der Waals surface area contributed by atoms with Gasteiger partial charge in [0, 0.05) is 100 Å². The van der Waals surface area contributed by atoms with Crippen LogP contribution in [0.2, 0.25) is 0 Å². The number of likely N-dealkylation sites (tertiary alicyclic amines) is 1. The third-order valence-electron chi connectivity index (χ3n) is 15.5. The highest BCUT2D eigenvalue weighted by atomic mass is 16.8. The monoisotopic (exact) mass is 987 g/mol. The van der Waals surface area contributed by atoms with Gasteiger partial charge in [0.2, 0.25) is 22.6 Å². The smallest absolute Gasteiger partial charge is 0.326 e. The molecular formula is C56H76N9O7+. The van der Waals surface area contributed by atoms with Crippen molar-refractivity contribution in [2.45, 2.75) is 117 Å². The van der Waals surface area contributed by atoms with Crippen LogP contribution in [0.4, 0.5) is 0 Å². The Morgan fingerprint density at radius 2 is 1.86 bits per heavy atom. The first-order valence-electron chi connectivity index (χ1n) is 26.0. The molecule has 16 nitrogen and oxygen atoms in total. The third kappa shape index (κ3) is 11.0. The first-order chi connectivity index (χ1) is 34.4. The van der Waals surface area contributed by atoms with Crippen LogP contribution < -0.4 is 10.7 Å². The highest BCUT2D eigenvalue weighted by molar-refractivity contribution is 5.96. The lowest BCUT2D eigenvalue weighted by Crippen LogP contribution is -2.62. The predicted molar refractivity (Wildman–Crippen MR) is 280 cm³/mol. The standard InChI is InChI=1S/C56H75N9O7/c1-11-49(66)62-26-22-41(33-62)54(68)61(9)51(35(3)4)53(67)58-46-28-37-15-13-16-39(27-37)40-18-19-47-43(29-40)45(31-56(6,7)34-72-65(70)48-17-14-23-64(59-48)55(46)69)52(63(47)12-2)44-30-42(32-57-50(44)36(5)71-10)38-20-24-60(8)25-21-38/h11,13,15-16,18-20,27,29,32,35-36,41-42,46,48,51,59H,1,12,14,17,21-26,28,30-31,33-34H2,2-10H3/p+1/t36-,41-,42?,46-,48+,51-/m0/s1. The average molecular weight is 987 g/mol. The summed E-state index contributed by atoms with van der Waals surface area (Å²) in [6, 6.07) is 12.8. The minimum atomic E-state index is -1.06. The zero-order valence-electron chi connectivity index (χ0n) is 43.9. The Balaban J connectivity index is 1.19. The van der Waals surface area contributed by atoms with Gasteiger partial charge in [0.05, 0.1) is 28.3 Å². The molecule has 5 aliphatic heterocycles. The lowest BCUT2D eigenvalue weighted by Gasteiger charge is -2.35. The fourth-order valence-electron chi connectivity index (χ4n) is 11.4. The van der Waals surface area contributed by atoms with Gasteiger partial charge in [0.25, 0.3) is 5.91 Å². The first kappa shape index (κ1) is 52.4. The number of ether oxygens (including phenoxy) is 1. The summed E-state index contributed by atoms with van der Waals surface area (Å²) in [4.78, 5) is 87.1. The molecule has 0 saturated carbocycles. The summed E-state index contributed by atoms with van der Waals surface area (Å²) < 4.78 is 8.44.